The number of anilines is 1. The molecule has 0 aromatic carbocycles. The molecule has 2 aliphatic heterocycles. The molecule has 2 atom stereocenters. The minimum absolute atomic E-state index is 0.171. The summed E-state index contributed by atoms with van der Waals surface area (Å²) < 4.78 is 8.27. The first kappa shape index (κ1) is 17.4. The summed E-state index contributed by atoms with van der Waals surface area (Å²) in [4.78, 5) is 13.5. The van der Waals surface area contributed by atoms with Gasteiger partial charge >= 0.3 is 0 Å². The number of nitrogens with zero attached hydrogens (tertiary/aromatic N) is 6. The molecule has 0 unspecified atom stereocenters. The summed E-state index contributed by atoms with van der Waals surface area (Å²) in [5.41, 5.74) is 1.23. The van der Waals surface area contributed by atoms with E-state index in [0.29, 0.717) is 5.92 Å². The van der Waals surface area contributed by atoms with Crippen molar-refractivity contribution in [1.29, 1.82) is 0 Å². The van der Waals surface area contributed by atoms with Gasteiger partial charge in [-0.15, -0.1) is 0 Å². The second-order valence-electron chi connectivity index (χ2n) is 7.12. The molecule has 4 heterocycles. The average Bonchev–Trinajstić information content (AvgIpc) is 3.18. The van der Waals surface area contributed by atoms with E-state index in [0.717, 1.165) is 58.1 Å². The van der Waals surface area contributed by atoms with E-state index < -0.39 is 0 Å². The highest BCUT2D eigenvalue weighted by molar-refractivity contribution is 5.35. The zero-order valence-corrected chi connectivity index (χ0v) is 15.5. The highest BCUT2D eigenvalue weighted by atomic mass is 16.5. The van der Waals surface area contributed by atoms with Crippen molar-refractivity contribution in [1.82, 2.24) is 24.6 Å². The molecule has 2 aromatic heterocycles. The number of piperazine rings is 1. The number of aryl methyl sites for hydroxylation is 1. The summed E-state index contributed by atoms with van der Waals surface area (Å²) in [7, 11) is 0. The van der Waals surface area contributed by atoms with Crippen molar-refractivity contribution in [2.45, 2.75) is 32.4 Å². The summed E-state index contributed by atoms with van der Waals surface area (Å²) in [6.07, 6.45) is 9.79. The van der Waals surface area contributed by atoms with Crippen LogP contribution >= 0.6 is 0 Å². The topological polar surface area (TPSA) is 59.3 Å². The van der Waals surface area contributed by atoms with E-state index in [9.17, 15) is 0 Å². The summed E-state index contributed by atoms with van der Waals surface area (Å²) >= 11 is 0. The Morgan fingerprint density at radius 1 is 1.15 bits per heavy atom. The second-order valence-corrected chi connectivity index (χ2v) is 7.12. The average molecular weight is 356 g/mol. The molecule has 0 spiro atoms. The minimum Gasteiger partial charge on any atom is -0.372 e. The van der Waals surface area contributed by atoms with Crippen molar-refractivity contribution in [2.75, 3.05) is 44.2 Å². The van der Waals surface area contributed by atoms with Crippen molar-refractivity contribution < 1.29 is 4.74 Å². The van der Waals surface area contributed by atoms with Gasteiger partial charge in [0.15, 0.2) is 0 Å². The molecular weight excluding hydrogens is 328 g/mol. The fraction of sp³-hybridized carbons (Fsp3) is 0.632. The lowest BCUT2D eigenvalue weighted by Gasteiger charge is -2.40. The summed E-state index contributed by atoms with van der Waals surface area (Å²) in [6.45, 7) is 9.11. The van der Waals surface area contributed by atoms with Crippen LogP contribution in [-0.2, 0) is 11.3 Å². The van der Waals surface area contributed by atoms with E-state index >= 15 is 0 Å². The summed E-state index contributed by atoms with van der Waals surface area (Å²) in [5.74, 6) is 1.52. The number of rotatable bonds is 5. The molecule has 2 aliphatic rings. The monoisotopic (exact) mass is 356 g/mol. The molecule has 7 heteroatoms. The fourth-order valence-corrected chi connectivity index (χ4v) is 4.15. The van der Waals surface area contributed by atoms with E-state index in [2.05, 4.69) is 42.5 Å². The Morgan fingerprint density at radius 2 is 2.04 bits per heavy atom. The lowest BCUT2D eigenvalue weighted by Crippen LogP contribution is -2.49. The molecule has 0 bridgehead atoms. The van der Waals surface area contributed by atoms with E-state index in [-0.39, 0.29) is 6.10 Å². The number of aromatic nitrogens is 4. The molecule has 26 heavy (non-hydrogen) atoms. The van der Waals surface area contributed by atoms with Crippen molar-refractivity contribution in [2.24, 2.45) is 5.92 Å². The third kappa shape index (κ3) is 3.73. The van der Waals surface area contributed by atoms with Gasteiger partial charge in [-0.05, 0) is 25.8 Å². The SMILES string of the molecule is CCn1nccc1[C@@H]1OCCC[C@H]1CN1CCN(c2cnccn2)CC1. The maximum Gasteiger partial charge on any atom is 0.147 e. The van der Waals surface area contributed by atoms with Crippen LogP contribution in [0.15, 0.2) is 30.9 Å². The number of ether oxygens (including phenoxy) is 1. The van der Waals surface area contributed by atoms with Gasteiger partial charge in [0.25, 0.3) is 0 Å². The molecule has 140 valence electrons. The van der Waals surface area contributed by atoms with Gasteiger partial charge in [-0.1, -0.05) is 0 Å². The van der Waals surface area contributed by atoms with Gasteiger partial charge in [0, 0.05) is 70.4 Å². The predicted octanol–water partition coefficient (Wildman–Crippen LogP) is 1.98. The van der Waals surface area contributed by atoms with Gasteiger partial charge in [0.2, 0.25) is 0 Å². The summed E-state index contributed by atoms with van der Waals surface area (Å²) in [6, 6.07) is 2.12. The molecular formula is C19H28N6O. The van der Waals surface area contributed by atoms with E-state index in [1.807, 2.05) is 12.4 Å². The van der Waals surface area contributed by atoms with Gasteiger partial charge in [-0.3, -0.25) is 14.6 Å². The van der Waals surface area contributed by atoms with Crippen LogP contribution in [0.4, 0.5) is 5.82 Å². The van der Waals surface area contributed by atoms with Gasteiger partial charge in [-0.25, -0.2) is 4.98 Å². The van der Waals surface area contributed by atoms with Crippen molar-refractivity contribution >= 4 is 5.82 Å². The smallest absolute Gasteiger partial charge is 0.147 e. The van der Waals surface area contributed by atoms with Crippen molar-refractivity contribution in [3.8, 4) is 0 Å². The third-order valence-corrected chi connectivity index (χ3v) is 5.52. The molecule has 0 radical (unpaired) electrons. The Bertz CT molecular complexity index is 682. The molecule has 0 N–H and O–H groups in total. The van der Waals surface area contributed by atoms with Crippen LogP contribution in [0.2, 0.25) is 0 Å². The molecule has 2 saturated heterocycles. The normalized spacial score (nSPS) is 24.7. The molecule has 7 nitrogen and oxygen atoms in total. The first-order valence-corrected chi connectivity index (χ1v) is 9.71. The van der Waals surface area contributed by atoms with E-state index in [1.54, 1.807) is 12.4 Å². The zero-order chi connectivity index (χ0) is 17.8. The molecule has 2 fully saturated rings. The molecule has 2 aromatic rings. The van der Waals surface area contributed by atoms with Crippen LogP contribution < -0.4 is 4.90 Å². The Hall–Kier alpha value is -1.99. The highest BCUT2D eigenvalue weighted by Crippen LogP contribution is 2.34. The molecule has 4 rings (SSSR count). The maximum atomic E-state index is 6.19. The first-order valence-electron chi connectivity index (χ1n) is 9.71. The molecule has 0 amide bonds. The largest absolute Gasteiger partial charge is 0.372 e. The molecule has 0 aliphatic carbocycles. The maximum absolute atomic E-state index is 6.19. The van der Waals surface area contributed by atoms with Gasteiger partial charge in [-0.2, -0.15) is 5.10 Å². The van der Waals surface area contributed by atoms with Crippen molar-refractivity contribution in [3.05, 3.63) is 36.5 Å². The van der Waals surface area contributed by atoms with Crippen LogP contribution in [0, 0.1) is 5.92 Å². The van der Waals surface area contributed by atoms with Crippen molar-refractivity contribution in [3.63, 3.8) is 0 Å². The second kappa shape index (κ2) is 8.14. The minimum atomic E-state index is 0.171. The number of hydrogen-bond donors (Lipinski definition) is 0. The lowest BCUT2D eigenvalue weighted by molar-refractivity contribution is -0.0439. The lowest BCUT2D eigenvalue weighted by atomic mass is 9.91. The van der Waals surface area contributed by atoms with Crippen LogP contribution in [0.5, 0.6) is 0 Å². The van der Waals surface area contributed by atoms with E-state index in [1.165, 1.54) is 12.1 Å². The van der Waals surface area contributed by atoms with Crippen LogP contribution in [0.1, 0.15) is 31.6 Å². The third-order valence-electron chi connectivity index (χ3n) is 5.52. The fourth-order valence-electron chi connectivity index (χ4n) is 4.15. The Kier molecular flexibility index (Phi) is 5.45. The predicted molar refractivity (Wildman–Crippen MR) is 100 cm³/mol. The number of hydrogen-bond acceptors (Lipinski definition) is 6. The van der Waals surface area contributed by atoms with Gasteiger partial charge in [0.05, 0.1) is 11.9 Å². The molecule has 0 saturated carbocycles. The van der Waals surface area contributed by atoms with Gasteiger partial charge < -0.3 is 9.64 Å². The van der Waals surface area contributed by atoms with Crippen LogP contribution in [-0.4, -0.2) is 64.0 Å². The first-order chi connectivity index (χ1) is 12.8. The zero-order valence-electron chi connectivity index (χ0n) is 15.5. The highest BCUT2D eigenvalue weighted by Gasteiger charge is 2.32. The Morgan fingerprint density at radius 3 is 2.81 bits per heavy atom. The summed E-state index contributed by atoms with van der Waals surface area (Å²) in [5, 5.41) is 4.44. The Labute approximate surface area is 155 Å². The van der Waals surface area contributed by atoms with Crippen LogP contribution in [0.3, 0.4) is 0 Å². The Balaban J connectivity index is 1.37. The van der Waals surface area contributed by atoms with Gasteiger partial charge in [0.1, 0.15) is 11.9 Å². The van der Waals surface area contributed by atoms with E-state index in [4.69, 9.17) is 4.74 Å². The standard InChI is InChI=1S/C19H28N6O/c1-2-25-17(5-6-22-25)19-16(4-3-13-26-19)15-23-9-11-24(12-10-23)18-14-20-7-8-21-18/h5-8,14,16,19H,2-4,9-13,15H2,1H3/t16-,19+/m0/s1. The van der Waals surface area contributed by atoms with Crippen LogP contribution in [0.25, 0.3) is 0 Å². The quantitative estimate of drug-likeness (QED) is 0.816.